The highest BCUT2D eigenvalue weighted by Crippen LogP contribution is 2.36. The molecule has 1 unspecified atom stereocenters. The number of rotatable bonds is 4. The molecule has 0 aliphatic carbocycles. The summed E-state index contributed by atoms with van der Waals surface area (Å²) in [6.45, 7) is 3.31. The molecule has 0 saturated heterocycles. The van der Waals surface area contributed by atoms with Gasteiger partial charge in [-0.2, -0.15) is 4.31 Å². The van der Waals surface area contributed by atoms with Crippen molar-refractivity contribution in [1.29, 1.82) is 0 Å². The summed E-state index contributed by atoms with van der Waals surface area (Å²) in [7, 11) is -3.72. The number of hydrogen-bond acceptors (Lipinski definition) is 7. The average Bonchev–Trinajstić information content (AvgIpc) is 3.57. The molecule has 0 spiro atoms. The van der Waals surface area contributed by atoms with E-state index in [1.54, 1.807) is 17.0 Å². The van der Waals surface area contributed by atoms with Gasteiger partial charge in [-0.05, 0) is 40.0 Å². The van der Waals surface area contributed by atoms with Crippen molar-refractivity contribution in [3.63, 3.8) is 0 Å². The highest BCUT2D eigenvalue weighted by Gasteiger charge is 2.39. The summed E-state index contributed by atoms with van der Waals surface area (Å²) in [5.74, 6) is 0.621. The zero-order chi connectivity index (χ0) is 23.4. The third-order valence-electron chi connectivity index (χ3n) is 6.92. The molecule has 2 aromatic rings. The zero-order valence-corrected chi connectivity index (χ0v) is 20.5. The van der Waals surface area contributed by atoms with Gasteiger partial charge in [-0.25, -0.2) is 8.42 Å². The van der Waals surface area contributed by atoms with Crippen LogP contribution in [0.1, 0.15) is 22.8 Å². The van der Waals surface area contributed by atoms with Gasteiger partial charge in [0.25, 0.3) is 5.91 Å². The van der Waals surface area contributed by atoms with Crippen molar-refractivity contribution in [1.82, 2.24) is 14.5 Å². The predicted molar refractivity (Wildman–Crippen MR) is 129 cm³/mol. The second-order valence-corrected chi connectivity index (χ2v) is 10.9. The first kappa shape index (κ1) is 24.1. The summed E-state index contributed by atoms with van der Waals surface area (Å²) < 4.78 is 38.9. The van der Waals surface area contributed by atoms with Gasteiger partial charge in [-0.1, -0.05) is 18.2 Å². The van der Waals surface area contributed by atoms with Crippen LogP contribution in [0.3, 0.4) is 0 Å². The molecule has 4 heterocycles. The van der Waals surface area contributed by atoms with E-state index in [4.69, 9.17) is 9.47 Å². The van der Waals surface area contributed by atoms with Gasteiger partial charge < -0.3 is 24.8 Å². The summed E-state index contributed by atoms with van der Waals surface area (Å²) in [4.78, 5) is 14.9. The maximum Gasteiger partial charge on any atom is 0.256 e. The molecule has 1 atom stereocenters. The fourth-order valence-corrected chi connectivity index (χ4v) is 6.57. The second-order valence-electron chi connectivity index (χ2n) is 8.97. The molecule has 0 radical (unpaired) electrons. The van der Waals surface area contributed by atoms with E-state index in [0.29, 0.717) is 49.9 Å². The molecule has 9 nitrogen and oxygen atoms in total. The molecule has 4 aliphatic rings. The van der Waals surface area contributed by atoms with Gasteiger partial charge in [-0.15, -0.1) is 12.4 Å². The van der Waals surface area contributed by atoms with Crippen LogP contribution in [0.25, 0.3) is 0 Å². The molecule has 0 aromatic heterocycles. The van der Waals surface area contributed by atoms with Crippen LogP contribution in [0.15, 0.2) is 52.4 Å². The largest absolute Gasteiger partial charge is 0.486 e. The molecule has 0 fully saturated rings. The summed E-state index contributed by atoms with van der Waals surface area (Å²) in [5.41, 5.74) is 4.57. The van der Waals surface area contributed by atoms with E-state index in [1.807, 2.05) is 12.1 Å². The van der Waals surface area contributed by atoms with Crippen molar-refractivity contribution in [2.75, 3.05) is 39.4 Å². The van der Waals surface area contributed by atoms with Crippen LogP contribution in [0, 0.1) is 0 Å². The van der Waals surface area contributed by atoms with Gasteiger partial charge >= 0.3 is 0 Å². The van der Waals surface area contributed by atoms with Crippen molar-refractivity contribution in [3.05, 3.63) is 64.2 Å². The Morgan fingerprint density at radius 3 is 2.43 bits per heavy atom. The molecule has 6 rings (SSSR count). The molecule has 186 valence electrons. The number of nitrogens with one attached hydrogen (secondary N) is 1. The maximum atomic E-state index is 13.2. The summed E-state index contributed by atoms with van der Waals surface area (Å²) in [6.07, 6.45) is -1.23. The number of carbonyl (C=O) groups excluding carboxylic acids is 1. The SMILES string of the molecule is Cl.O=C(C(O)c1cccc2c1CNC2)N1CC2=C(C1)CN(S(=O)(=O)c1ccc3c(c1)OCCO3)C2. The normalized spacial score (nSPS) is 19.9. The van der Waals surface area contributed by atoms with E-state index in [2.05, 4.69) is 5.32 Å². The van der Waals surface area contributed by atoms with Crippen LogP contribution in [0.2, 0.25) is 0 Å². The van der Waals surface area contributed by atoms with Gasteiger partial charge in [-0.3, -0.25) is 4.79 Å². The number of fused-ring (bicyclic) bond motifs is 2. The number of benzene rings is 2. The minimum Gasteiger partial charge on any atom is -0.486 e. The number of nitrogens with zero attached hydrogens (tertiary/aromatic N) is 2. The molecule has 0 bridgehead atoms. The monoisotopic (exact) mass is 519 g/mol. The lowest BCUT2D eigenvalue weighted by molar-refractivity contribution is -0.139. The Kier molecular flexibility index (Phi) is 6.27. The van der Waals surface area contributed by atoms with Crippen molar-refractivity contribution >= 4 is 28.3 Å². The van der Waals surface area contributed by atoms with E-state index in [-0.39, 0.29) is 36.3 Å². The first-order valence-corrected chi connectivity index (χ1v) is 12.7. The molecular formula is C24H26ClN3O6S. The number of carbonyl (C=O) groups is 1. The third-order valence-corrected chi connectivity index (χ3v) is 8.70. The minimum absolute atomic E-state index is 0. The molecule has 2 aromatic carbocycles. The van der Waals surface area contributed by atoms with Crippen LogP contribution in [-0.4, -0.2) is 68.0 Å². The molecule has 2 N–H and O–H groups in total. The van der Waals surface area contributed by atoms with Gasteiger partial charge in [0.1, 0.15) is 13.2 Å². The van der Waals surface area contributed by atoms with Gasteiger partial charge in [0.2, 0.25) is 10.0 Å². The third kappa shape index (κ3) is 4.09. The Bertz CT molecular complexity index is 1310. The number of halogens is 1. The standard InChI is InChI=1S/C24H25N3O6S.ClH/c28-23(19-3-1-2-15-9-25-10-20(15)19)24(29)26-11-16-13-27(14-17(16)12-26)34(30,31)18-4-5-21-22(8-18)33-7-6-32-21;/h1-5,8,23,25,28H,6-7,9-14H2;1H. The summed E-state index contributed by atoms with van der Waals surface area (Å²) in [5, 5.41) is 14.1. The van der Waals surface area contributed by atoms with Crippen molar-refractivity contribution in [2.45, 2.75) is 24.1 Å². The average molecular weight is 520 g/mol. The maximum absolute atomic E-state index is 13.2. The number of ether oxygens (including phenoxy) is 2. The fraction of sp³-hybridized carbons (Fsp3) is 0.375. The van der Waals surface area contributed by atoms with Crippen LogP contribution >= 0.6 is 12.4 Å². The fourth-order valence-electron chi connectivity index (χ4n) is 5.12. The lowest BCUT2D eigenvalue weighted by Crippen LogP contribution is -2.38. The number of sulfonamides is 1. The topological polar surface area (TPSA) is 108 Å². The van der Waals surface area contributed by atoms with Gasteiger partial charge in [0, 0.05) is 45.3 Å². The number of aliphatic hydroxyl groups excluding tert-OH is 1. The van der Waals surface area contributed by atoms with E-state index >= 15 is 0 Å². The molecule has 0 saturated carbocycles. The van der Waals surface area contributed by atoms with Crippen LogP contribution < -0.4 is 14.8 Å². The molecule has 1 amide bonds. The van der Waals surface area contributed by atoms with E-state index < -0.39 is 16.1 Å². The molecule has 35 heavy (non-hydrogen) atoms. The van der Waals surface area contributed by atoms with E-state index in [1.165, 1.54) is 16.4 Å². The Labute approximate surface area is 209 Å². The van der Waals surface area contributed by atoms with Crippen molar-refractivity contribution in [3.8, 4) is 11.5 Å². The van der Waals surface area contributed by atoms with Crippen molar-refractivity contribution < 1.29 is 27.8 Å². The van der Waals surface area contributed by atoms with Crippen molar-refractivity contribution in [2.24, 2.45) is 0 Å². The summed E-state index contributed by atoms with van der Waals surface area (Å²) in [6, 6.07) is 10.3. The van der Waals surface area contributed by atoms with E-state index in [0.717, 1.165) is 28.8 Å². The molecule has 11 heteroatoms. The Morgan fingerprint density at radius 1 is 0.971 bits per heavy atom. The first-order chi connectivity index (χ1) is 16.4. The lowest BCUT2D eigenvalue weighted by Gasteiger charge is -2.25. The number of amides is 1. The van der Waals surface area contributed by atoms with Crippen LogP contribution in [0.5, 0.6) is 11.5 Å². The first-order valence-electron chi connectivity index (χ1n) is 11.3. The van der Waals surface area contributed by atoms with Crippen LogP contribution in [-0.2, 0) is 27.9 Å². The second kappa shape index (κ2) is 9.11. The Balaban J connectivity index is 0.00000253. The lowest BCUT2D eigenvalue weighted by atomic mass is 9.98. The Hall–Kier alpha value is -2.63. The highest BCUT2D eigenvalue weighted by molar-refractivity contribution is 7.89. The van der Waals surface area contributed by atoms with Gasteiger partial charge in [0.15, 0.2) is 17.6 Å². The quantitative estimate of drug-likeness (QED) is 0.587. The Morgan fingerprint density at radius 2 is 1.69 bits per heavy atom. The summed E-state index contributed by atoms with van der Waals surface area (Å²) >= 11 is 0. The van der Waals surface area contributed by atoms with Gasteiger partial charge in [0.05, 0.1) is 4.90 Å². The predicted octanol–water partition coefficient (Wildman–Crippen LogP) is 1.36. The number of hydrogen-bond donors (Lipinski definition) is 2. The number of aliphatic hydroxyl groups is 1. The molecule has 4 aliphatic heterocycles. The van der Waals surface area contributed by atoms with Crippen LogP contribution in [0.4, 0.5) is 0 Å². The molecular weight excluding hydrogens is 494 g/mol. The van der Waals surface area contributed by atoms with E-state index in [9.17, 15) is 18.3 Å². The smallest absolute Gasteiger partial charge is 0.256 e. The highest BCUT2D eigenvalue weighted by atomic mass is 35.5. The minimum atomic E-state index is -3.72. The zero-order valence-electron chi connectivity index (χ0n) is 18.9.